The molecule has 1 aromatic heterocycles. The molecule has 0 radical (unpaired) electrons. The minimum atomic E-state index is -0.293. The highest BCUT2D eigenvalue weighted by molar-refractivity contribution is 5.74. The van der Waals surface area contributed by atoms with Crippen molar-refractivity contribution in [1.82, 2.24) is 15.6 Å². The van der Waals surface area contributed by atoms with Gasteiger partial charge in [0.15, 0.2) is 0 Å². The highest BCUT2D eigenvalue weighted by Crippen LogP contribution is 2.22. The van der Waals surface area contributed by atoms with Gasteiger partial charge in [0, 0.05) is 25.8 Å². The predicted molar refractivity (Wildman–Crippen MR) is 97.4 cm³/mol. The van der Waals surface area contributed by atoms with Crippen molar-refractivity contribution >= 4 is 11.8 Å². The van der Waals surface area contributed by atoms with E-state index < -0.39 is 0 Å². The summed E-state index contributed by atoms with van der Waals surface area (Å²) in [5.41, 5.74) is 3.71. The molecule has 2 aromatic rings. The number of aromatic nitrogens is 1. The van der Waals surface area contributed by atoms with E-state index in [1.807, 2.05) is 12.1 Å². The van der Waals surface area contributed by atoms with Crippen molar-refractivity contribution in [1.29, 1.82) is 0 Å². The number of urea groups is 1. The molecule has 0 aliphatic carbocycles. The van der Waals surface area contributed by atoms with E-state index in [2.05, 4.69) is 44.8 Å². The number of rotatable bonds is 5. The third-order valence-corrected chi connectivity index (χ3v) is 4.37. The van der Waals surface area contributed by atoms with Gasteiger partial charge < -0.3 is 20.6 Å². The first-order chi connectivity index (χ1) is 12.2. The number of pyridine rings is 1. The number of hydrogen-bond acceptors (Lipinski definition) is 4. The van der Waals surface area contributed by atoms with Crippen LogP contribution in [-0.4, -0.2) is 35.3 Å². The zero-order chi connectivity index (χ0) is 17.6. The standard InChI is InChI=1S/C19H24N4O2/c1-14(13-24)22-19(25)21-11-15-6-7-18(20-10-15)23-9-8-16-4-2-3-5-17(16)12-23/h2-7,10,14,24H,8-9,11-13H2,1H3,(H2,21,22,25). The van der Waals surface area contributed by atoms with Gasteiger partial charge in [0.2, 0.25) is 0 Å². The van der Waals surface area contributed by atoms with Gasteiger partial charge in [-0.2, -0.15) is 0 Å². The van der Waals surface area contributed by atoms with Crippen LogP contribution in [0.5, 0.6) is 0 Å². The normalized spacial score (nSPS) is 14.6. The third-order valence-electron chi connectivity index (χ3n) is 4.37. The molecule has 0 saturated carbocycles. The lowest BCUT2D eigenvalue weighted by Gasteiger charge is -2.29. The zero-order valence-corrected chi connectivity index (χ0v) is 14.4. The van der Waals surface area contributed by atoms with E-state index in [0.717, 1.165) is 30.9 Å². The lowest BCUT2D eigenvalue weighted by atomic mass is 10.00. The largest absolute Gasteiger partial charge is 0.394 e. The Morgan fingerprint density at radius 2 is 2.08 bits per heavy atom. The quantitative estimate of drug-likeness (QED) is 0.776. The van der Waals surface area contributed by atoms with Gasteiger partial charge in [-0.15, -0.1) is 0 Å². The molecule has 132 valence electrons. The molecule has 1 aliphatic rings. The molecule has 6 nitrogen and oxygen atoms in total. The Bertz CT molecular complexity index is 718. The van der Waals surface area contributed by atoms with Crippen molar-refractivity contribution in [3.63, 3.8) is 0 Å². The fourth-order valence-corrected chi connectivity index (χ4v) is 2.90. The van der Waals surface area contributed by atoms with Crippen LogP contribution in [0.1, 0.15) is 23.6 Å². The van der Waals surface area contributed by atoms with Crippen LogP contribution in [0.15, 0.2) is 42.6 Å². The van der Waals surface area contributed by atoms with Crippen LogP contribution >= 0.6 is 0 Å². The van der Waals surface area contributed by atoms with Crippen LogP contribution in [0, 0.1) is 0 Å². The number of aliphatic hydroxyl groups excluding tert-OH is 1. The summed E-state index contributed by atoms with van der Waals surface area (Å²) in [5.74, 6) is 0.955. The van der Waals surface area contributed by atoms with Gasteiger partial charge in [0.25, 0.3) is 0 Å². The smallest absolute Gasteiger partial charge is 0.315 e. The average Bonchev–Trinajstić information content (AvgIpc) is 2.66. The van der Waals surface area contributed by atoms with Gasteiger partial charge >= 0.3 is 6.03 Å². The number of amides is 2. The van der Waals surface area contributed by atoms with Crippen molar-refractivity contribution in [2.75, 3.05) is 18.1 Å². The summed E-state index contributed by atoms with van der Waals surface area (Å²) in [6, 6.07) is 12.0. The van der Waals surface area contributed by atoms with Crippen molar-refractivity contribution in [3.05, 3.63) is 59.3 Å². The van der Waals surface area contributed by atoms with E-state index in [9.17, 15) is 4.79 Å². The maximum Gasteiger partial charge on any atom is 0.315 e. The zero-order valence-electron chi connectivity index (χ0n) is 14.4. The molecule has 0 saturated heterocycles. The first kappa shape index (κ1) is 17.2. The first-order valence-corrected chi connectivity index (χ1v) is 8.57. The maximum atomic E-state index is 11.7. The van der Waals surface area contributed by atoms with Gasteiger partial charge in [-0.05, 0) is 36.1 Å². The second kappa shape index (κ2) is 7.98. The molecule has 6 heteroatoms. The Morgan fingerprint density at radius 1 is 1.28 bits per heavy atom. The van der Waals surface area contributed by atoms with E-state index in [0.29, 0.717) is 6.54 Å². The summed E-state index contributed by atoms with van der Waals surface area (Å²) in [6.07, 6.45) is 2.83. The molecule has 1 atom stereocenters. The molecule has 0 bridgehead atoms. The van der Waals surface area contributed by atoms with E-state index in [1.165, 1.54) is 11.1 Å². The molecule has 3 N–H and O–H groups in total. The Hall–Kier alpha value is -2.60. The summed E-state index contributed by atoms with van der Waals surface area (Å²) in [7, 11) is 0. The Labute approximate surface area is 147 Å². The van der Waals surface area contributed by atoms with Crippen molar-refractivity contribution in [2.24, 2.45) is 0 Å². The van der Waals surface area contributed by atoms with Crippen LogP contribution in [-0.2, 0) is 19.5 Å². The summed E-state index contributed by atoms with van der Waals surface area (Å²) >= 11 is 0. The lowest BCUT2D eigenvalue weighted by molar-refractivity contribution is 0.220. The lowest BCUT2D eigenvalue weighted by Crippen LogP contribution is -2.41. The predicted octanol–water partition coefficient (Wildman–Crippen LogP) is 1.82. The second-order valence-electron chi connectivity index (χ2n) is 6.38. The molecule has 0 spiro atoms. The molecular formula is C19H24N4O2. The molecule has 1 unspecified atom stereocenters. The highest BCUT2D eigenvalue weighted by atomic mass is 16.3. The number of anilines is 1. The molecule has 0 fully saturated rings. The van der Waals surface area contributed by atoms with Gasteiger partial charge in [0.1, 0.15) is 5.82 Å². The average molecular weight is 340 g/mol. The number of benzene rings is 1. The van der Waals surface area contributed by atoms with Crippen LogP contribution in [0.4, 0.5) is 10.6 Å². The fraction of sp³-hybridized carbons (Fsp3) is 0.368. The molecule has 25 heavy (non-hydrogen) atoms. The number of nitrogens with zero attached hydrogens (tertiary/aromatic N) is 2. The van der Waals surface area contributed by atoms with E-state index >= 15 is 0 Å². The number of hydrogen-bond donors (Lipinski definition) is 3. The van der Waals surface area contributed by atoms with Gasteiger partial charge in [-0.3, -0.25) is 0 Å². The molecule has 1 aliphatic heterocycles. The fourth-order valence-electron chi connectivity index (χ4n) is 2.90. The number of aliphatic hydroxyl groups is 1. The Kier molecular flexibility index (Phi) is 5.50. The molecule has 1 aromatic carbocycles. The van der Waals surface area contributed by atoms with Crippen molar-refractivity contribution in [3.8, 4) is 0 Å². The van der Waals surface area contributed by atoms with E-state index in [1.54, 1.807) is 13.1 Å². The first-order valence-electron chi connectivity index (χ1n) is 8.57. The second-order valence-corrected chi connectivity index (χ2v) is 6.38. The summed E-state index contributed by atoms with van der Waals surface area (Å²) in [4.78, 5) is 18.5. The number of nitrogens with one attached hydrogen (secondary N) is 2. The van der Waals surface area contributed by atoms with Gasteiger partial charge in [0.05, 0.1) is 12.6 Å². The van der Waals surface area contributed by atoms with Crippen molar-refractivity contribution in [2.45, 2.75) is 32.5 Å². The SMILES string of the molecule is CC(CO)NC(=O)NCc1ccc(N2CCc3ccccc3C2)nc1. The summed E-state index contributed by atoms with van der Waals surface area (Å²) in [6.45, 7) is 3.90. The van der Waals surface area contributed by atoms with Gasteiger partial charge in [-0.1, -0.05) is 30.3 Å². The number of fused-ring (bicyclic) bond motifs is 1. The highest BCUT2D eigenvalue weighted by Gasteiger charge is 2.16. The van der Waals surface area contributed by atoms with Gasteiger partial charge in [-0.25, -0.2) is 9.78 Å². The van der Waals surface area contributed by atoms with Crippen LogP contribution in [0.25, 0.3) is 0 Å². The van der Waals surface area contributed by atoms with Crippen LogP contribution in [0.3, 0.4) is 0 Å². The minimum absolute atomic E-state index is 0.0807. The van der Waals surface area contributed by atoms with Crippen LogP contribution < -0.4 is 15.5 Å². The Balaban J connectivity index is 1.55. The molecule has 2 heterocycles. The van der Waals surface area contributed by atoms with Crippen LogP contribution in [0.2, 0.25) is 0 Å². The van der Waals surface area contributed by atoms with E-state index in [4.69, 9.17) is 5.11 Å². The summed E-state index contributed by atoms with van der Waals surface area (Å²) in [5, 5.41) is 14.3. The summed E-state index contributed by atoms with van der Waals surface area (Å²) < 4.78 is 0. The monoisotopic (exact) mass is 340 g/mol. The molecule has 2 amide bonds. The molecule has 3 rings (SSSR count). The number of carbonyl (C=O) groups is 1. The molecular weight excluding hydrogens is 316 g/mol. The minimum Gasteiger partial charge on any atom is -0.394 e. The van der Waals surface area contributed by atoms with Crippen molar-refractivity contribution < 1.29 is 9.90 Å². The maximum absolute atomic E-state index is 11.7. The van der Waals surface area contributed by atoms with E-state index in [-0.39, 0.29) is 18.7 Å². The number of carbonyl (C=O) groups excluding carboxylic acids is 1. The third kappa shape index (κ3) is 4.48. The Morgan fingerprint density at radius 3 is 2.80 bits per heavy atom. The topological polar surface area (TPSA) is 77.5 Å².